The molecule has 148 valence electrons. The summed E-state index contributed by atoms with van der Waals surface area (Å²) in [6.45, 7) is 2.02. The SMILES string of the molecule is COC(=O)c1c(NC(=O)CCc2ccc(C)cc2)sc2c1C(C(=O)OC)CC2. The topological polar surface area (TPSA) is 81.7 Å². The molecule has 7 heteroatoms. The van der Waals surface area contributed by atoms with Crippen LogP contribution in [0, 0.1) is 6.92 Å². The number of nitrogens with one attached hydrogen (secondary N) is 1. The zero-order chi connectivity index (χ0) is 20.3. The second kappa shape index (κ2) is 8.56. The first-order valence-electron chi connectivity index (χ1n) is 9.11. The Balaban J connectivity index is 1.78. The lowest BCUT2D eigenvalue weighted by atomic mass is 9.99. The number of anilines is 1. The molecule has 1 aromatic carbocycles. The molecule has 1 amide bonds. The number of hydrogen-bond acceptors (Lipinski definition) is 6. The number of fused-ring (bicyclic) bond motifs is 1. The van der Waals surface area contributed by atoms with E-state index in [2.05, 4.69) is 5.32 Å². The number of thiophene rings is 1. The van der Waals surface area contributed by atoms with Gasteiger partial charge in [-0.3, -0.25) is 9.59 Å². The summed E-state index contributed by atoms with van der Waals surface area (Å²) in [5.41, 5.74) is 3.16. The molecule has 3 rings (SSSR count). The average molecular weight is 401 g/mol. The largest absolute Gasteiger partial charge is 0.469 e. The molecule has 0 saturated carbocycles. The van der Waals surface area contributed by atoms with Gasteiger partial charge in [0.2, 0.25) is 5.91 Å². The van der Waals surface area contributed by atoms with Gasteiger partial charge in [-0.05, 0) is 37.3 Å². The lowest BCUT2D eigenvalue weighted by Gasteiger charge is -2.11. The van der Waals surface area contributed by atoms with Crippen molar-refractivity contribution < 1.29 is 23.9 Å². The fourth-order valence-electron chi connectivity index (χ4n) is 3.44. The number of carbonyl (C=O) groups is 3. The van der Waals surface area contributed by atoms with E-state index in [4.69, 9.17) is 9.47 Å². The van der Waals surface area contributed by atoms with Crippen LogP contribution in [0.3, 0.4) is 0 Å². The molecule has 2 aromatic rings. The van der Waals surface area contributed by atoms with E-state index in [-0.39, 0.29) is 17.4 Å². The molecular formula is C21H23NO5S. The highest BCUT2D eigenvalue weighted by Crippen LogP contribution is 2.45. The van der Waals surface area contributed by atoms with E-state index in [1.807, 2.05) is 31.2 Å². The fraction of sp³-hybridized carbons (Fsp3) is 0.381. The summed E-state index contributed by atoms with van der Waals surface area (Å²) >= 11 is 1.34. The summed E-state index contributed by atoms with van der Waals surface area (Å²) in [5, 5.41) is 3.28. The molecule has 0 bridgehead atoms. The molecule has 1 aliphatic rings. The number of rotatable bonds is 6. The number of methoxy groups -OCH3 is 2. The number of amides is 1. The molecule has 1 atom stereocenters. The lowest BCUT2D eigenvalue weighted by Crippen LogP contribution is -2.17. The molecular weight excluding hydrogens is 378 g/mol. The van der Waals surface area contributed by atoms with Crippen LogP contribution in [0.2, 0.25) is 0 Å². The Morgan fingerprint density at radius 1 is 1.14 bits per heavy atom. The standard InChI is InChI=1S/C21H23NO5S/c1-12-4-6-13(7-5-12)8-11-16(23)22-19-18(21(25)27-3)17-14(20(24)26-2)9-10-15(17)28-19/h4-7,14H,8-11H2,1-3H3,(H,22,23). The van der Waals surface area contributed by atoms with Gasteiger partial charge in [0, 0.05) is 11.3 Å². The Labute approximate surface area is 167 Å². The number of esters is 2. The first-order valence-corrected chi connectivity index (χ1v) is 9.93. The lowest BCUT2D eigenvalue weighted by molar-refractivity contribution is -0.142. The van der Waals surface area contributed by atoms with Crippen molar-refractivity contribution in [2.75, 3.05) is 19.5 Å². The zero-order valence-electron chi connectivity index (χ0n) is 16.2. The Bertz CT molecular complexity index is 900. The van der Waals surface area contributed by atoms with Crippen LogP contribution in [0.1, 0.15) is 50.7 Å². The van der Waals surface area contributed by atoms with Gasteiger partial charge in [0.1, 0.15) is 5.00 Å². The molecule has 1 aliphatic carbocycles. The highest BCUT2D eigenvalue weighted by atomic mass is 32.1. The van der Waals surface area contributed by atoms with Gasteiger partial charge in [0.25, 0.3) is 0 Å². The van der Waals surface area contributed by atoms with Crippen LogP contribution in [0.25, 0.3) is 0 Å². The molecule has 1 N–H and O–H groups in total. The summed E-state index contributed by atoms with van der Waals surface area (Å²) in [4.78, 5) is 37.9. The first kappa shape index (κ1) is 20.1. The minimum atomic E-state index is -0.554. The molecule has 1 heterocycles. The molecule has 1 unspecified atom stereocenters. The van der Waals surface area contributed by atoms with Gasteiger partial charge < -0.3 is 14.8 Å². The van der Waals surface area contributed by atoms with Crippen LogP contribution >= 0.6 is 11.3 Å². The molecule has 6 nitrogen and oxygen atoms in total. The van der Waals surface area contributed by atoms with Crippen LogP contribution in [-0.2, 0) is 31.9 Å². The highest BCUT2D eigenvalue weighted by molar-refractivity contribution is 7.17. The van der Waals surface area contributed by atoms with E-state index in [1.54, 1.807) is 0 Å². The Kier molecular flexibility index (Phi) is 6.14. The van der Waals surface area contributed by atoms with E-state index in [1.165, 1.54) is 31.1 Å². The number of aryl methyl sites for hydroxylation is 3. The molecule has 0 aliphatic heterocycles. The van der Waals surface area contributed by atoms with Crippen LogP contribution in [-0.4, -0.2) is 32.1 Å². The monoisotopic (exact) mass is 401 g/mol. The number of hydrogen-bond donors (Lipinski definition) is 1. The van der Waals surface area contributed by atoms with Crippen molar-refractivity contribution in [2.24, 2.45) is 0 Å². The van der Waals surface area contributed by atoms with Crippen molar-refractivity contribution >= 4 is 34.2 Å². The van der Waals surface area contributed by atoms with E-state index in [0.717, 1.165) is 10.4 Å². The highest BCUT2D eigenvalue weighted by Gasteiger charge is 2.38. The number of ether oxygens (including phenoxy) is 2. The van der Waals surface area contributed by atoms with E-state index in [0.29, 0.717) is 36.2 Å². The fourth-order valence-corrected chi connectivity index (χ4v) is 4.72. The second-order valence-electron chi connectivity index (χ2n) is 6.78. The van der Waals surface area contributed by atoms with Crippen molar-refractivity contribution in [2.45, 2.75) is 38.5 Å². The quantitative estimate of drug-likeness (QED) is 0.748. The molecule has 28 heavy (non-hydrogen) atoms. The maximum Gasteiger partial charge on any atom is 0.341 e. The van der Waals surface area contributed by atoms with Gasteiger partial charge in [-0.2, -0.15) is 0 Å². The average Bonchev–Trinajstić information content (AvgIpc) is 3.25. The Morgan fingerprint density at radius 2 is 1.86 bits per heavy atom. The van der Waals surface area contributed by atoms with Crippen LogP contribution in [0.5, 0.6) is 0 Å². The Hall–Kier alpha value is -2.67. The van der Waals surface area contributed by atoms with Crippen molar-refractivity contribution in [1.82, 2.24) is 0 Å². The van der Waals surface area contributed by atoms with Crippen molar-refractivity contribution in [3.63, 3.8) is 0 Å². The van der Waals surface area contributed by atoms with Crippen LogP contribution < -0.4 is 5.32 Å². The summed E-state index contributed by atoms with van der Waals surface area (Å²) in [7, 11) is 2.62. The van der Waals surface area contributed by atoms with Gasteiger partial charge in [0.15, 0.2) is 0 Å². The van der Waals surface area contributed by atoms with Crippen molar-refractivity contribution in [3.05, 3.63) is 51.4 Å². The van der Waals surface area contributed by atoms with Crippen molar-refractivity contribution in [3.8, 4) is 0 Å². The Morgan fingerprint density at radius 3 is 2.50 bits per heavy atom. The molecule has 0 fully saturated rings. The summed E-state index contributed by atoms with van der Waals surface area (Å²) in [6, 6.07) is 8.03. The minimum Gasteiger partial charge on any atom is -0.469 e. The smallest absolute Gasteiger partial charge is 0.341 e. The summed E-state index contributed by atoms with van der Waals surface area (Å²) in [6.07, 6.45) is 2.17. The van der Waals surface area contributed by atoms with Crippen LogP contribution in [0.4, 0.5) is 5.00 Å². The predicted molar refractivity (Wildman–Crippen MR) is 107 cm³/mol. The third-order valence-corrected chi connectivity index (χ3v) is 6.10. The maximum atomic E-state index is 12.5. The van der Waals surface area contributed by atoms with Gasteiger partial charge in [-0.15, -0.1) is 11.3 Å². The zero-order valence-corrected chi connectivity index (χ0v) is 17.0. The first-order chi connectivity index (χ1) is 13.4. The predicted octanol–water partition coefficient (Wildman–Crippen LogP) is 3.62. The van der Waals surface area contributed by atoms with E-state index < -0.39 is 11.9 Å². The van der Waals surface area contributed by atoms with Gasteiger partial charge in [-0.1, -0.05) is 29.8 Å². The second-order valence-corrected chi connectivity index (χ2v) is 7.89. The number of carbonyl (C=O) groups excluding carboxylic acids is 3. The molecule has 0 saturated heterocycles. The normalized spacial score (nSPS) is 15.0. The third-order valence-electron chi connectivity index (χ3n) is 4.92. The molecule has 0 spiro atoms. The minimum absolute atomic E-state index is 0.180. The summed E-state index contributed by atoms with van der Waals surface area (Å²) < 4.78 is 9.78. The van der Waals surface area contributed by atoms with E-state index >= 15 is 0 Å². The van der Waals surface area contributed by atoms with Gasteiger partial charge in [-0.25, -0.2) is 4.79 Å². The third kappa shape index (κ3) is 4.09. The molecule has 0 radical (unpaired) electrons. The van der Waals surface area contributed by atoms with Gasteiger partial charge >= 0.3 is 11.9 Å². The molecule has 1 aromatic heterocycles. The van der Waals surface area contributed by atoms with Crippen molar-refractivity contribution in [1.29, 1.82) is 0 Å². The number of benzene rings is 1. The maximum absolute atomic E-state index is 12.5. The summed E-state index contributed by atoms with van der Waals surface area (Å²) in [5.74, 6) is -1.61. The van der Waals surface area contributed by atoms with Crippen LogP contribution in [0.15, 0.2) is 24.3 Å². The van der Waals surface area contributed by atoms with E-state index in [9.17, 15) is 14.4 Å². The van der Waals surface area contributed by atoms with Gasteiger partial charge in [0.05, 0.1) is 25.7 Å².